The number of fused-ring (bicyclic) bond motifs is 1. The normalized spacial score (nSPS) is 19.9. The number of rotatable bonds is 4. The fourth-order valence-electron chi connectivity index (χ4n) is 2.44. The number of aryl methyl sites for hydroxylation is 1. The van der Waals surface area contributed by atoms with Crippen molar-refractivity contribution in [2.24, 2.45) is 5.92 Å². The molecule has 19 heavy (non-hydrogen) atoms. The van der Waals surface area contributed by atoms with Gasteiger partial charge < -0.3 is 4.74 Å². The Morgan fingerprint density at radius 2 is 2.32 bits per heavy atom. The van der Waals surface area contributed by atoms with Gasteiger partial charge in [0.05, 0.1) is 5.56 Å². The zero-order valence-corrected chi connectivity index (χ0v) is 11.6. The smallest absolute Gasteiger partial charge is 0.170 e. The van der Waals surface area contributed by atoms with E-state index >= 15 is 0 Å². The van der Waals surface area contributed by atoms with Crippen LogP contribution in [0.25, 0.3) is 0 Å². The lowest BCUT2D eigenvalue weighted by Gasteiger charge is -2.29. The Morgan fingerprint density at radius 1 is 1.53 bits per heavy atom. The second-order valence-corrected chi connectivity index (χ2v) is 4.98. The van der Waals surface area contributed by atoms with Crippen LogP contribution < -0.4 is 4.74 Å². The molecular formula is C17H20O2. The Bertz CT molecular complexity index is 514. The fraction of sp³-hybridized carbons (Fsp3) is 0.353. The highest BCUT2D eigenvalue weighted by molar-refractivity contribution is 6.00. The molecule has 0 bridgehead atoms. The number of allylic oxidation sites excluding steroid dienone is 2. The van der Waals surface area contributed by atoms with E-state index in [2.05, 4.69) is 19.6 Å². The number of hydrogen-bond acceptors (Lipinski definition) is 2. The molecule has 0 radical (unpaired) electrons. The molecule has 1 aliphatic rings. The van der Waals surface area contributed by atoms with E-state index in [1.807, 2.05) is 31.2 Å². The summed E-state index contributed by atoms with van der Waals surface area (Å²) in [6, 6.07) is 5.77. The molecule has 0 N–H and O–H groups in total. The summed E-state index contributed by atoms with van der Waals surface area (Å²) < 4.78 is 6.03. The predicted octanol–water partition coefficient (Wildman–Crippen LogP) is 4.10. The number of carbonyl (C=O) groups excluding carboxylic acids is 1. The molecule has 0 fully saturated rings. The van der Waals surface area contributed by atoms with Crippen LogP contribution in [-0.2, 0) is 0 Å². The first kappa shape index (κ1) is 13.6. The first-order valence-electron chi connectivity index (χ1n) is 6.75. The SMILES string of the molecule is C=C/C=C\C(CC)[C@H]1CC(=O)c2ccc(C)cc2O1. The van der Waals surface area contributed by atoms with Crippen molar-refractivity contribution in [3.05, 3.63) is 54.1 Å². The van der Waals surface area contributed by atoms with E-state index in [-0.39, 0.29) is 17.8 Å². The standard InChI is InChI=1S/C17H20O2/c1-4-6-7-13(5-2)16-11-15(18)14-9-8-12(3)10-17(14)19-16/h4,6-10,13,16H,1,5,11H2,2-3H3/b7-6-/t13?,16-/m1/s1. The molecule has 1 aliphatic heterocycles. The fourth-order valence-corrected chi connectivity index (χ4v) is 2.44. The van der Waals surface area contributed by atoms with Crippen molar-refractivity contribution in [3.8, 4) is 5.75 Å². The van der Waals surface area contributed by atoms with Crippen LogP contribution in [0.1, 0.15) is 35.7 Å². The maximum absolute atomic E-state index is 12.2. The largest absolute Gasteiger partial charge is 0.489 e. The molecule has 1 unspecified atom stereocenters. The van der Waals surface area contributed by atoms with Crippen molar-refractivity contribution in [2.45, 2.75) is 32.8 Å². The van der Waals surface area contributed by atoms with E-state index in [4.69, 9.17) is 4.74 Å². The van der Waals surface area contributed by atoms with E-state index in [1.165, 1.54) is 0 Å². The van der Waals surface area contributed by atoms with Crippen molar-refractivity contribution in [2.75, 3.05) is 0 Å². The van der Waals surface area contributed by atoms with Gasteiger partial charge in [-0.05, 0) is 31.0 Å². The Hall–Kier alpha value is -1.83. The van der Waals surface area contributed by atoms with Gasteiger partial charge in [0, 0.05) is 12.3 Å². The van der Waals surface area contributed by atoms with Gasteiger partial charge in [-0.25, -0.2) is 0 Å². The van der Waals surface area contributed by atoms with Gasteiger partial charge in [0.2, 0.25) is 0 Å². The molecule has 2 nitrogen and oxygen atoms in total. The number of benzene rings is 1. The minimum absolute atomic E-state index is 0.0667. The van der Waals surface area contributed by atoms with Crippen LogP contribution in [0.3, 0.4) is 0 Å². The molecule has 2 heteroatoms. The molecule has 100 valence electrons. The van der Waals surface area contributed by atoms with Crippen LogP contribution in [0.4, 0.5) is 0 Å². The minimum Gasteiger partial charge on any atom is -0.489 e. The highest BCUT2D eigenvalue weighted by atomic mass is 16.5. The van der Waals surface area contributed by atoms with Gasteiger partial charge in [-0.2, -0.15) is 0 Å². The molecule has 0 spiro atoms. The molecule has 0 saturated heterocycles. The number of ketones is 1. The number of ether oxygens (including phenoxy) is 1. The Morgan fingerprint density at radius 3 is 3.00 bits per heavy atom. The molecular weight excluding hydrogens is 236 g/mol. The van der Waals surface area contributed by atoms with E-state index in [9.17, 15) is 4.79 Å². The lowest BCUT2D eigenvalue weighted by Crippen LogP contribution is -2.32. The molecule has 0 aromatic heterocycles. The topological polar surface area (TPSA) is 26.3 Å². The van der Waals surface area contributed by atoms with Crippen LogP contribution >= 0.6 is 0 Å². The van der Waals surface area contributed by atoms with Crippen LogP contribution in [0.15, 0.2) is 43.0 Å². The van der Waals surface area contributed by atoms with Gasteiger partial charge in [-0.3, -0.25) is 4.79 Å². The summed E-state index contributed by atoms with van der Waals surface area (Å²) in [7, 11) is 0. The molecule has 1 heterocycles. The lowest BCUT2D eigenvalue weighted by molar-refractivity contribution is 0.0779. The van der Waals surface area contributed by atoms with Gasteiger partial charge in [0.1, 0.15) is 11.9 Å². The lowest BCUT2D eigenvalue weighted by atomic mass is 9.90. The van der Waals surface area contributed by atoms with Crippen LogP contribution in [0.5, 0.6) is 5.75 Å². The Labute approximate surface area is 114 Å². The molecule has 2 atom stereocenters. The first-order valence-corrected chi connectivity index (χ1v) is 6.75. The van der Waals surface area contributed by atoms with Gasteiger partial charge in [0.15, 0.2) is 5.78 Å². The van der Waals surface area contributed by atoms with Gasteiger partial charge in [-0.1, -0.05) is 37.8 Å². The predicted molar refractivity (Wildman–Crippen MR) is 77.7 cm³/mol. The molecule has 1 aromatic carbocycles. The summed E-state index contributed by atoms with van der Waals surface area (Å²) in [6.45, 7) is 7.80. The van der Waals surface area contributed by atoms with Crippen LogP contribution in [0, 0.1) is 12.8 Å². The Balaban J connectivity index is 2.26. The highest BCUT2D eigenvalue weighted by Gasteiger charge is 2.30. The maximum Gasteiger partial charge on any atom is 0.170 e. The van der Waals surface area contributed by atoms with E-state index in [1.54, 1.807) is 6.08 Å². The quantitative estimate of drug-likeness (QED) is 0.758. The summed E-state index contributed by atoms with van der Waals surface area (Å²) in [6.07, 6.45) is 7.09. The second kappa shape index (κ2) is 5.87. The van der Waals surface area contributed by atoms with Gasteiger partial charge in [-0.15, -0.1) is 0 Å². The van der Waals surface area contributed by atoms with E-state index in [0.29, 0.717) is 12.0 Å². The van der Waals surface area contributed by atoms with E-state index in [0.717, 1.165) is 17.7 Å². The number of carbonyl (C=O) groups is 1. The number of Topliss-reactive ketones (excluding diaryl/α,β-unsaturated/α-hetero) is 1. The van der Waals surface area contributed by atoms with Crippen molar-refractivity contribution in [1.29, 1.82) is 0 Å². The monoisotopic (exact) mass is 256 g/mol. The maximum atomic E-state index is 12.2. The zero-order chi connectivity index (χ0) is 13.8. The van der Waals surface area contributed by atoms with Crippen molar-refractivity contribution < 1.29 is 9.53 Å². The average molecular weight is 256 g/mol. The minimum atomic E-state index is -0.0667. The Kier molecular flexibility index (Phi) is 4.20. The van der Waals surface area contributed by atoms with Crippen LogP contribution in [-0.4, -0.2) is 11.9 Å². The molecule has 0 amide bonds. The van der Waals surface area contributed by atoms with Crippen molar-refractivity contribution in [1.82, 2.24) is 0 Å². The molecule has 1 aromatic rings. The van der Waals surface area contributed by atoms with Gasteiger partial charge >= 0.3 is 0 Å². The molecule has 2 rings (SSSR count). The molecule has 0 saturated carbocycles. The third kappa shape index (κ3) is 2.95. The molecule has 0 aliphatic carbocycles. The van der Waals surface area contributed by atoms with E-state index < -0.39 is 0 Å². The highest BCUT2D eigenvalue weighted by Crippen LogP contribution is 2.32. The zero-order valence-electron chi connectivity index (χ0n) is 11.6. The summed E-state index contributed by atoms with van der Waals surface area (Å²) >= 11 is 0. The summed E-state index contributed by atoms with van der Waals surface area (Å²) in [5.74, 6) is 1.15. The summed E-state index contributed by atoms with van der Waals surface area (Å²) in [4.78, 5) is 12.2. The summed E-state index contributed by atoms with van der Waals surface area (Å²) in [5.41, 5.74) is 1.83. The summed E-state index contributed by atoms with van der Waals surface area (Å²) in [5, 5.41) is 0. The van der Waals surface area contributed by atoms with Crippen molar-refractivity contribution >= 4 is 5.78 Å². The van der Waals surface area contributed by atoms with Gasteiger partial charge in [0.25, 0.3) is 0 Å². The number of hydrogen-bond donors (Lipinski definition) is 0. The van der Waals surface area contributed by atoms with Crippen molar-refractivity contribution in [3.63, 3.8) is 0 Å². The third-order valence-corrected chi connectivity index (χ3v) is 3.55. The average Bonchev–Trinajstić information content (AvgIpc) is 2.39. The third-order valence-electron chi connectivity index (χ3n) is 3.55. The second-order valence-electron chi connectivity index (χ2n) is 4.98. The first-order chi connectivity index (χ1) is 9.15. The van der Waals surface area contributed by atoms with Crippen LogP contribution in [0.2, 0.25) is 0 Å².